The lowest BCUT2D eigenvalue weighted by atomic mass is 9.74. The molecule has 58 heavy (non-hydrogen) atoms. The van der Waals surface area contributed by atoms with Crippen LogP contribution < -0.4 is 5.73 Å². The number of anilines is 1. The summed E-state index contributed by atoms with van der Waals surface area (Å²) in [6.45, 7) is 12.7. The van der Waals surface area contributed by atoms with Crippen LogP contribution in [0.25, 0.3) is 11.5 Å². The molecule has 0 radical (unpaired) electrons. The number of ketones is 2. The summed E-state index contributed by atoms with van der Waals surface area (Å²) in [6.07, 6.45) is -3.90. The van der Waals surface area contributed by atoms with Crippen molar-refractivity contribution in [3.8, 4) is 11.5 Å². The Morgan fingerprint density at radius 1 is 1.05 bits per heavy atom. The SMILES string of the molecule is CC[C@H]1OC(=O)[C@H](C)C(=O)[C@H](C)[C@@H](O[C@@H]2O[C@H](C)C[C@H](N(C)C)[C@H]2O)[C@@]2(C)C[C@@H](C)C(=O)[C@H](C)[C@H](OC/C(=N\OCc3ccc(-c4nc(N)no4)cn3)CO2)[C@]1(C)O. The summed E-state index contributed by atoms with van der Waals surface area (Å²) in [5.74, 6) is -5.37. The number of pyridine rings is 1. The number of aliphatic hydroxyl groups excluding tert-OH is 1. The van der Waals surface area contributed by atoms with E-state index in [-0.39, 0.29) is 68.1 Å². The number of aliphatic hydroxyl groups is 2. The number of oxime groups is 1. The smallest absolute Gasteiger partial charge is 0.316 e. The minimum atomic E-state index is -1.89. The Kier molecular flexibility index (Phi) is 14.5. The van der Waals surface area contributed by atoms with E-state index in [1.807, 2.05) is 25.9 Å². The summed E-state index contributed by atoms with van der Waals surface area (Å²) < 4.78 is 37.0. The second kappa shape index (κ2) is 18.6. The zero-order chi connectivity index (χ0) is 42.7. The van der Waals surface area contributed by atoms with Gasteiger partial charge in [-0.15, -0.1) is 0 Å². The average Bonchev–Trinajstić information content (AvgIpc) is 3.62. The van der Waals surface area contributed by atoms with Crippen molar-refractivity contribution in [2.45, 2.75) is 135 Å². The molecular formula is C40H60N6O12. The van der Waals surface area contributed by atoms with Crippen LogP contribution in [0.15, 0.2) is 28.0 Å². The van der Waals surface area contributed by atoms with Crippen LogP contribution in [0.4, 0.5) is 5.95 Å². The van der Waals surface area contributed by atoms with E-state index in [9.17, 15) is 24.6 Å². The molecule has 0 saturated carbocycles. The number of carbonyl (C=O) groups is 3. The van der Waals surface area contributed by atoms with Crippen molar-refractivity contribution < 1.29 is 57.6 Å². The number of ether oxygens (including phenoxy) is 5. The van der Waals surface area contributed by atoms with Gasteiger partial charge in [0.05, 0.1) is 48.4 Å². The maximum Gasteiger partial charge on any atom is 0.316 e. The van der Waals surface area contributed by atoms with Crippen LogP contribution in [0.3, 0.4) is 0 Å². The number of hydrogen-bond acceptors (Lipinski definition) is 18. The average molecular weight is 817 g/mol. The molecule has 3 aliphatic rings. The van der Waals surface area contributed by atoms with Gasteiger partial charge in [-0.25, -0.2) is 0 Å². The van der Waals surface area contributed by atoms with Crippen LogP contribution in [0.1, 0.15) is 80.3 Å². The molecule has 13 atom stereocenters. The summed E-state index contributed by atoms with van der Waals surface area (Å²) in [7, 11) is 3.70. The van der Waals surface area contributed by atoms with E-state index in [2.05, 4.69) is 20.3 Å². The Morgan fingerprint density at radius 2 is 1.78 bits per heavy atom. The van der Waals surface area contributed by atoms with Crippen LogP contribution in [0.2, 0.25) is 0 Å². The standard InChI is InChI=1S/C40H60N6O12/c1-11-29-40(8,51)34-22(4)30(47)20(2)15-39(7,53-18-27(17-52-34)44-54-19-26-13-12-25(16-42-26)35-43-38(41)45-58-35)33(23(5)31(48)24(6)36(50)56-29)57-37-32(49)28(46(9)10)14-21(3)55-37/h12-13,16,20-24,28-29,32-34,37,49,51H,11,14-15,17-19H2,1-10H3,(H2,41,45)/b44-27+/t20-,21-,22+,23+,24-,28+,29-,32-,33-,34+,37+,39-,40-/m1/s1. The lowest BCUT2D eigenvalue weighted by molar-refractivity contribution is -0.296. The molecule has 0 spiro atoms. The molecule has 0 aromatic carbocycles. The number of nitrogens with two attached hydrogens (primary N) is 1. The Bertz CT molecular complexity index is 1770. The number of hydrogen-bond donors (Lipinski definition) is 3. The zero-order valence-corrected chi connectivity index (χ0v) is 35.1. The van der Waals surface area contributed by atoms with Crippen molar-refractivity contribution in [3.05, 3.63) is 24.0 Å². The first-order chi connectivity index (χ1) is 27.3. The number of nitrogens with zero attached hydrogens (tertiary/aromatic N) is 5. The number of fused-ring (bicyclic) bond motifs is 5. The summed E-state index contributed by atoms with van der Waals surface area (Å²) >= 11 is 0. The predicted octanol–water partition coefficient (Wildman–Crippen LogP) is 2.73. The monoisotopic (exact) mass is 816 g/mol. The molecule has 322 valence electrons. The first kappa shape index (κ1) is 45.2. The highest BCUT2D eigenvalue weighted by Gasteiger charge is 2.53. The van der Waals surface area contributed by atoms with Gasteiger partial charge in [0.25, 0.3) is 11.8 Å². The lowest BCUT2D eigenvalue weighted by Gasteiger charge is -2.47. The third kappa shape index (κ3) is 9.92. The zero-order valence-electron chi connectivity index (χ0n) is 35.1. The van der Waals surface area contributed by atoms with Crippen molar-refractivity contribution in [1.82, 2.24) is 20.0 Å². The van der Waals surface area contributed by atoms with Crippen molar-refractivity contribution in [2.75, 3.05) is 33.0 Å². The Labute approximate surface area is 339 Å². The molecule has 18 nitrogen and oxygen atoms in total. The largest absolute Gasteiger partial charge is 0.459 e. The molecule has 3 fully saturated rings. The van der Waals surface area contributed by atoms with Crippen LogP contribution in [-0.2, 0) is 49.5 Å². The van der Waals surface area contributed by atoms with Gasteiger partial charge >= 0.3 is 5.97 Å². The van der Waals surface area contributed by atoms with Gasteiger partial charge in [0, 0.05) is 30.0 Å². The number of cyclic esters (lactones) is 1. The second-order valence-electron chi connectivity index (χ2n) is 16.7. The van der Waals surface area contributed by atoms with Gasteiger partial charge in [-0.1, -0.05) is 32.9 Å². The van der Waals surface area contributed by atoms with Crippen molar-refractivity contribution in [1.29, 1.82) is 0 Å². The topological polar surface area (TPSA) is 240 Å². The van der Waals surface area contributed by atoms with Gasteiger partial charge in [0.15, 0.2) is 18.7 Å². The molecule has 3 aliphatic heterocycles. The highest BCUT2D eigenvalue weighted by Crippen LogP contribution is 2.39. The predicted molar refractivity (Wildman–Crippen MR) is 208 cm³/mol. The molecule has 0 aliphatic carbocycles. The van der Waals surface area contributed by atoms with Gasteiger partial charge in [-0.2, -0.15) is 4.98 Å². The van der Waals surface area contributed by atoms with Crippen molar-refractivity contribution in [2.24, 2.45) is 28.8 Å². The molecule has 2 aromatic rings. The number of nitrogen functional groups attached to an aromatic ring is 1. The van der Waals surface area contributed by atoms with Gasteiger partial charge < -0.3 is 53.9 Å². The molecule has 0 unspecified atom stereocenters. The first-order valence-corrected chi connectivity index (χ1v) is 19.9. The number of esters is 1. The molecule has 18 heteroatoms. The van der Waals surface area contributed by atoms with E-state index < -0.39 is 77.3 Å². The first-order valence-electron chi connectivity index (χ1n) is 19.9. The highest BCUT2D eigenvalue weighted by molar-refractivity contribution is 6.00. The van der Waals surface area contributed by atoms with Crippen molar-refractivity contribution in [3.63, 3.8) is 0 Å². The van der Waals surface area contributed by atoms with Crippen LogP contribution in [0.5, 0.6) is 0 Å². The van der Waals surface area contributed by atoms with E-state index in [1.54, 1.807) is 46.8 Å². The summed E-state index contributed by atoms with van der Waals surface area (Å²) in [5, 5.41) is 31.7. The summed E-state index contributed by atoms with van der Waals surface area (Å²) in [4.78, 5) is 58.5. The van der Waals surface area contributed by atoms with Gasteiger partial charge in [0.1, 0.15) is 35.2 Å². The molecule has 3 saturated heterocycles. The molecule has 0 amide bonds. The van der Waals surface area contributed by atoms with E-state index >= 15 is 0 Å². The number of likely N-dealkylation sites (N-methyl/N-ethyl adjacent to an activating group) is 1. The molecule has 5 heterocycles. The summed E-state index contributed by atoms with van der Waals surface area (Å²) in [6, 6.07) is 3.07. The number of carbonyl (C=O) groups excluding carboxylic acids is 3. The fourth-order valence-corrected chi connectivity index (χ4v) is 8.38. The van der Waals surface area contributed by atoms with Gasteiger partial charge in [-0.3, -0.25) is 19.4 Å². The molecular weight excluding hydrogens is 756 g/mol. The maximum atomic E-state index is 14.4. The fraction of sp³-hybridized carbons (Fsp3) is 0.725. The summed E-state index contributed by atoms with van der Waals surface area (Å²) in [5.41, 5.74) is 3.53. The lowest BCUT2D eigenvalue weighted by Crippen LogP contribution is -2.60. The highest BCUT2D eigenvalue weighted by atomic mass is 16.7. The Morgan fingerprint density at radius 3 is 2.40 bits per heavy atom. The van der Waals surface area contributed by atoms with Crippen LogP contribution in [0, 0.1) is 23.7 Å². The second-order valence-corrected chi connectivity index (χ2v) is 16.7. The van der Waals surface area contributed by atoms with Crippen LogP contribution >= 0.6 is 0 Å². The number of rotatable bonds is 8. The van der Waals surface area contributed by atoms with E-state index in [0.717, 1.165) is 0 Å². The maximum absolute atomic E-state index is 14.4. The van der Waals surface area contributed by atoms with Crippen molar-refractivity contribution >= 4 is 29.2 Å². The molecule has 2 aromatic heterocycles. The van der Waals surface area contributed by atoms with Crippen LogP contribution in [-0.4, -0.2) is 135 Å². The normalized spacial score (nSPS) is 37.8. The third-order valence-corrected chi connectivity index (χ3v) is 11.7. The molecule has 5 rings (SSSR count). The number of aromatic nitrogens is 3. The van der Waals surface area contributed by atoms with E-state index in [1.165, 1.54) is 20.0 Å². The Balaban J connectivity index is 1.57. The van der Waals surface area contributed by atoms with Gasteiger partial charge in [0.2, 0.25) is 0 Å². The fourth-order valence-electron chi connectivity index (χ4n) is 8.38. The molecule has 4 N–H and O–H groups in total. The number of Topliss-reactive ketones (excluding diaryl/α,β-unsaturated/α-hetero) is 2. The quantitative estimate of drug-likeness (QED) is 0.197. The third-order valence-electron chi connectivity index (χ3n) is 11.7. The van der Waals surface area contributed by atoms with E-state index in [0.29, 0.717) is 17.7 Å². The minimum absolute atomic E-state index is 0.00271. The minimum Gasteiger partial charge on any atom is -0.459 e. The van der Waals surface area contributed by atoms with E-state index in [4.69, 9.17) is 38.8 Å². The van der Waals surface area contributed by atoms with Gasteiger partial charge in [-0.05, 0) is 78.3 Å². The molecule has 2 bridgehead atoms. The Hall–Kier alpha value is -3.91.